The predicted octanol–water partition coefficient (Wildman–Crippen LogP) is 1.000. The average molecular weight is 217 g/mol. The van der Waals surface area contributed by atoms with Gasteiger partial charge in [0.05, 0.1) is 5.69 Å². The van der Waals surface area contributed by atoms with E-state index in [1.807, 2.05) is 31.6 Å². The smallest absolute Gasteiger partial charge is 0.130 e. The van der Waals surface area contributed by atoms with Gasteiger partial charge in [0.1, 0.15) is 11.6 Å². The summed E-state index contributed by atoms with van der Waals surface area (Å²) >= 11 is 0. The summed E-state index contributed by atoms with van der Waals surface area (Å²) in [7, 11) is 1.92. The lowest BCUT2D eigenvalue weighted by atomic mass is 10.1. The zero-order chi connectivity index (χ0) is 11.7. The van der Waals surface area contributed by atoms with Gasteiger partial charge in [0.2, 0.25) is 0 Å². The molecule has 5 heteroatoms. The molecule has 0 aromatic carbocycles. The molecule has 0 aliphatic carbocycles. The van der Waals surface area contributed by atoms with E-state index in [1.54, 1.807) is 6.20 Å². The SMILES string of the molecule is Cc1cc(Cc2cnc(C)nc2N)n(C)n1. The van der Waals surface area contributed by atoms with E-state index in [9.17, 15) is 0 Å². The fourth-order valence-electron chi connectivity index (χ4n) is 1.67. The van der Waals surface area contributed by atoms with Gasteiger partial charge in [-0.2, -0.15) is 5.10 Å². The van der Waals surface area contributed by atoms with Crippen molar-refractivity contribution < 1.29 is 0 Å². The van der Waals surface area contributed by atoms with Gasteiger partial charge in [-0.05, 0) is 19.9 Å². The summed E-state index contributed by atoms with van der Waals surface area (Å²) in [6.07, 6.45) is 2.49. The summed E-state index contributed by atoms with van der Waals surface area (Å²) in [5, 5.41) is 4.29. The van der Waals surface area contributed by atoms with Gasteiger partial charge in [-0.3, -0.25) is 4.68 Å². The third kappa shape index (κ3) is 2.03. The van der Waals surface area contributed by atoms with Crippen LogP contribution in [-0.2, 0) is 13.5 Å². The quantitative estimate of drug-likeness (QED) is 0.814. The first kappa shape index (κ1) is 10.6. The number of hydrogen-bond acceptors (Lipinski definition) is 4. The second-order valence-corrected chi connectivity index (χ2v) is 3.91. The maximum Gasteiger partial charge on any atom is 0.130 e. The van der Waals surface area contributed by atoms with E-state index < -0.39 is 0 Å². The number of aromatic nitrogens is 4. The van der Waals surface area contributed by atoms with Crippen molar-refractivity contribution in [3.63, 3.8) is 0 Å². The Balaban J connectivity index is 2.30. The lowest BCUT2D eigenvalue weighted by molar-refractivity contribution is 0.716. The molecule has 5 nitrogen and oxygen atoms in total. The van der Waals surface area contributed by atoms with Crippen molar-refractivity contribution in [2.24, 2.45) is 7.05 Å². The van der Waals surface area contributed by atoms with E-state index in [1.165, 1.54) is 0 Å². The van der Waals surface area contributed by atoms with Crippen LogP contribution in [0.5, 0.6) is 0 Å². The molecule has 0 saturated heterocycles. The Morgan fingerprint density at radius 3 is 2.69 bits per heavy atom. The van der Waals surface area contributed by atoms with E-state index in [0.29, 0.717) is 18.1 Å². The Bertz CT molecular complexity index is 515. The Kier molecular flexibility index (Phi) is 2.60. The summed E-state index contributed by atoms with van der Waals surface area (Å²) in [6, 6.07) is 2.04. The molecule has 2 aromatic heterocycles. The average Bonchev–Trinajstić information content (AvgIpc) is 2.50. The number of aryl methyl sites for hydroxylation is 3. The van der Waals surface area contributed by atoms with E-state index in [0.717, 1.165) is 17.0 Å². The number of anilines is 1. The Hall–Kier alpha value is -1.91. The maximum atomic E-state index is 5.85. The molecule has 0 amide bonds. The van der Waals surface area contributed by atoms with Gasteiger partial charge in [-0.15, -0.1) is 0 Å². The second kappa shape index (κ2) is 3.92. The van der Waals surface area contributed by atoms with Crippen LogP contribution in [0.4, 0.5) is 5.82 Å². The molecule has 2 N–H and O–H groups in total. The summed E-state index contributed by atoms with van der Waals surface area (Å²) in [4.78, 5) is 8.30. The molecule has 0 spiro atoms. The zero-order valence-corrected chi connectivity index (χ0v) is 9.73. The molecule has 16 heavy (non-hydrogen) atoms. The van der Waals surface area contributed by atoms with Crippen molar-refractivity contribution in [3.05, 3.63) is 35.0 Å². The van der Waals surface area contributed by atoms with Crippen molar-refractivity contribution >= 4 is 5.82 Å². The largest absolute Gasteiger partial charge is 0.383 e. The predicted molar refractivity (Wildman–Crippen MR) is 61.9 cm³/mol. The number of nitrogen functional groups attached to an aromatic ring is 1. The molecule has 0 unspecified atom stereocenters. The number of nitrogens with zero attached hydrogens (tertiary/aromatic N) is 4. The standard InChI is InChI=1S/C11H15N5/c1-7-4-10(16(3)15-7)5-9-6-13-8(2)14-11(9)12/h4,6H,5H2,1-3H3,(H2,12,13,14). The molecule has 2 aromatic rings. The molecule has 0 atom stereocenters. The normalized spacial score (nSPS) is 10.7. The molecular weight excluding hydrogens is 202 g/mol. The summed E-state index contributed by atoms with van der Waals surface area (Å²) in [5.41, 5.74) is 8.90. The molecule has 0 aliphatic rings. The molecule has 0 aliphatic heterocycles. The van der Waals surface area contributed by atoms with Crippen LogP contribution in [0, 0.1) is 13.8 Å². The van der Waals surface area contributed by atoms with Crippen molar-refractivity contribution in [2.75, 3.05) is 5.73 Å². The minimum atomic E-state index is 0.548. The lowest BCUT2D eigenvalue weighted by Gasteiger charge is -2.05. The third-order valence-corrected chi connectivity index (χ3v) is 2.49. The van der Waals surface area contributed by atoms with Crippen LogP contribution in [0.3, 0.4) is 0 Å². The van der Waals surface area contributed by atoms with Gasteiger partial charge in [0.15, 0.2) is 0 Å². The fraction of sp³-hybridized carbons (Fsp3) is 0.364. The van der Waals surface area contributed by atoms with Crippen molar-refractivity contribution in [3.8, 4) is 0 Å². The fourth-order valence-corrected chi connectivity index (χ4v) is 1.67. The highest BCUT2D eigenvalue weighted by molar-refractivity contribution is 5.40. The van der Waals surface area contributed by atoms with Crippen LogP contribution in [0.25, 0.3) is 0 Å². The van der Waals surface area contributed by atoms with E-state index >= 15 is 0 Å². The molecular formula is C11H15N5. The highest BCUT2D eigenvalue weighted by Gasteiger charge is 2.07. The van der Waals surface area contributed by atoms with Gasteiger partial charge >= 0.3 is 0 Å². The first-order chi connectivity index (χ1) is 7.56. The first-order valence-corrected chi connectivity index (χ1v) is 5.14. The van der Waals surface area contributed by atoms with Gasteiger partial charge < -0.3 is 5.73 Å². The lowest BCUT2D eigenvalue weighted by Crippen LogP contribution is -2.05. The number of rotatable bonds is 2. The molecule has 84 valence electrons. The minimum Gasteiger partial charge on any atom is -0.383 e. The van der Waals surface area contributed by atoms with Crippen LogP contribution >= 0.6 is 0 Å². The van der Waals surface area contributed by atoms with E-state index in [4.69, 9.17) is 5.73 Å². The highest BCUT2D eigenvalue weighted by atomic mass is 15.3. The van der Waals surface area contributed by atoms with Gasteiger partial charge in [0.25, 0.3) is 0 Å². The van der Waals surface area contributed by atoms with Crippen LogP contribution < -0.4 is 5.73 Å². The van der Waals surface area contributed by atoms with Crippen molar-refractivity contribution in [2.45, 2.75) is 20.3 Å². The molecule has 0 saturated carbocycles. The monoisotopic (exact) mass is 217 g/mol. The van der Waals surface area contributed by atoms with Crippen LogP contribution in [0.2, 0.25) is 0 Å². The summed E-state index contributed by atoms with van der Waals surface area (Å²) in [6.45, 7) is 3.80. The molecule has 0 radical (unpaired) electrons. The van der Waals surface area contributed by atoms with Crippen molar-refractivity contribution in [1.82, 2.24) is 19.7 Å². The zero-order valence-electron chi connectivity index (χ0n) is 9.73. The van der Waals surface area contributed by atoms with Crippen molar-refractivity contribution in [1.29, 1.82) is 0 Å². The number of nitrogens with two attached hydrogens (primary N) is 1. The maximum absolute atomic E-state index is 5.85. The minimum absolute atomic E-state index is 0.548. The number of hydrogen-bond donors (Lipinski definition) is 1. The summed E-state index contributed by atoms with van der Waals surface area (Å²) in [5.74, 6) is 1.24. The highest BCUT2D eigenvalue weighted by Crippen LogP contribution is 2.14. The third-order valence-electron chi connectivity index (χ3n) is 2.49. The Morgan fingerprint density at radius 2 is 2.12 bits per heavy atom. The molecule has 0 fully saturated rings. The Labute approximate surface area is 94.3 Å². The van der Waals surface area contributed by atoms with Gasteiger partial charge in [-0.1, -0.05) is 0 Å². The van der Waals surface area contributed by atoms with Gasteiger partial charge in [0, 0.05) is 30.9 Å². The van der Waals surface area contributed by atoms with E-state index in [-0.39, 0.29) is 0 Å². The van der Waals surface area contributed by atoms with E-state index in [2.05, 4.69) is 15.1 Å². The summed E-state index contributed by atoms with van der Waals surface area (Å²) < 4.78 is 1.86. The molecule has 2 rings (SSSR count). The van der Waals surface area contributed by atoms with Crippen LogP contribution in [-0.4, -0.2) is 19.7 Å². The van der Waals surface area contributed by atoms with Crippen LogP contribution in [0.15, 0.2) is 12.3 Å². The Morgan fingerprint density at radius 1 is 1.38 bits per heavy atom. The topological polar surface area (TPSA) is 69.6 Å². The van der Waals surface area contributed by atoms with Gasteiger partial charge in [-0.25, -0.2) is 9.97 Å². The van der Waals surface area contributed by atoms with Crippen LogP contribution in [0.1, 0.15) is 22.8 Å². The molecule has 2 heterocycles. The second-order valence-electron chi connectivity index (χ2n) is 3.91. The molecule has 0 bridgehead atoms. The first-order valence-electron chi connectivity index (χ1n) is 5.14.